The number of rotatable bonds is 3. The van der Waals surface area contributed by atoms with Gasteiger partial charge >= 0.3 is 12.1 Å². The average molecular weight is 338 g/mol. The molecule has 0 amide bonds. The van der Waals surface area contributed by atoms with Crippen LogP contribution in [-0.4, -0.2) is 16.9 Å². The molecule has 0 radical (unpaired) electrons. The van der Waals surface area contributed by atoms with Gasteiger partial charge in [-0.3, -0.25) is 4.79 Å². The van der Waals surface area contributed by atoms with Crippen LogP contribution in [0.2, 0.25) is 0 Å². The predicted molar refractivity (Wildman–Crippen MR) is 54.4 cm³/mol. The van der Waals surface area contributed by atoms with Crippen LogP contribution in [0.25, 0.3) is 0 Å². The normalized spacial score (nSPS) is 12.9. The summed E-state index contributed by atoms with van der Waals surface area (Å²) in [6, 6.07) is 0. The standard InChI is InChI=1S/C8H5BrF5NOS/c1-2-3(16)4-5(9)17-6(15-4)7(10,11)8(12,13)14/h2H2,1H3. The summed E-state index contributed by atoms with van der Waals surface area (Å²) in [5.74, 6) is -5.65. The van der Waals surface area contributed by atoms with Crippen LogP contribution in [-0.2, 0) is 5.92 Å². The Morgan fingerprint density at radius 1 is 1.35 bits per heavy atom. The lowest BCUT2D eigenvalue weighted by molar-refractivity contribution is -0.289. The van der Waals surface area contributed by atoms with Crippen molar-refractivity contribution in [1.82, 2.24) is 4.98 Å². The molecule has 0 N–H and O–H groups in total. The fraction of sp³-hybridized carbons (Fsp3) is 0.500. The molecule has 0 atom stereocenters. The summed E-state index contributed by atoms with van der Waals surface area (Å²) in [5, 5.41) is -1.44. The van der Waals surface area contributed by atoms with Gasteiger partial charge in [-0.2, -0.15) is 22.0 Å². The largest absolute Gasteiger partial charge is 0.460 e. The maximum atomic E-state index is 12.9. The van der Waals surface area contributed by atoms with E-state index in [-0.39, 0.29) is 21.5 Å². The molecule has 0 aliphatic heterocycles. The van der Waals surface area contributed by atoms with Crippen molar-refractivity contribution in [1.29, 1.82) is 0 Å². The van der Waals surface area contributed by atoms with Crippen LogP contribution in [0.1, 0.15) is 28.8 Å². The van der Waals surface area contributed by atoms with Gasteiger partial charge in [-0.15, -0.1) is 11.3 Å². The van der Waals surface area contributed by atoms with Crippen LogP contribution in [0.5, 0.6) is 0 Å². The summed E-state index contributed by atoms with van der Waals surface area (Å²) in [6.45, 7) is 1.45. The average Bonchev–Trinajstić information content (AvgIpc) is 2.58. The van der Waals surface area contributed by atoms with Crippen LogP contribution in [0.3, 0.4) is 0 Å². The van der Waals surface area contributed by atoms with Gasteiger partial charge in [-0.05, 0) is 15.9 Å². The van der Waals surface area contributed by atoms with E-state index in [4.69, 9.17) is 0 Å². The van der Waals surface area contributed by atoms with Crippen LogP contribution < -0.4 is 0 Å². The van der Waals surface area contributed by atoms with Crippen molar-refractivity contribution in [3.8, 4) is 0 Å². The summed E-state index contributed by atoms with van der Waals surface area (Å²) in [4.78, 5) is 14.3. The fourth-order valence-corrected chi connectivity index (χ4v) is 2.47. The maximum absolute atomic E-state index is 12.9. The Labute approximate surface area is 105 Å². The zero-order valence-electron chi connectivity index (χ0n) is 8.24. The molecule has 2 nitrogen and oxygen atoms in total. The number of aromatic nitrogens is 1. The Morgan fingerprint density at radius 3 is 2.29 bits per heavy atom. The predicted octanol–water partition coefficient (Wildman–Crippen LogP) is 4.15. The van der Waals surface area contributed by atoms with Crippen LogP contribution in [0.4, 0.5) is 22.0 Å². The third-order valence-electron chi connectivity index (χ3n) is 1.80. The second-order valence-electron chi connectivity index (χ2n) is 2.99. The number of alkyl halides is 5. The number of hydrogen-bond acceptors (Lipinski definition) is 3. The highest BCUT2D eigenvalue weighted by Gasteiger charge is 2.61. The first kappa shape index (κ1) is 14.5. The van der Waals surface area contributed by atoms with E-state index in [1.54, 1.807) is 0 Å². The first-order valence-electron chi connectivity index (χ1n) is 4.25. The minimum absolute atomic E-state index is 0.0284. The first-order chi connectivity index (χ1) is 7.61. The summed E-state index contributed by atoms with van der Waals surface area (Å²) in [7, 11) is 0. The molecule has 17 heavy (non-hydrogen) atoms. The molecule has 0 aliphatic carbocycles. The van der Waals surface area contributed by atoms with Crippen molar-refractivity contribution in [2.75, 3.05) is 0 Å². The van der Waals surface area contributed by atoms with Crippen LogP contribution in [0.15, 0.2) is 3.79 Å². The van der Waals surface area contributed by atoms with Gasteiger partial charge in [0.1, 0.15) is 9.48 Å². The lowest BCUT2D eigenvalue weighted by Crippen LogP contribution is -2.33. The van der Waals surface area contributed by atoms with E-state index < -0.39 is 28.6 Å². The lowest BCUT2D eigenvalue weighted by atomic mass is 10.2. The molecule has 1 aromatic heterocycles. The summed E-state index contributed by atoms with van der Waals surface area (Å²) in [5.41, 5.74) is -0.392. The maximum Gasteiger partial charge on any atom is 0.460 e. The monoisotopic (exact) mass is 337 g/mol. The zero-order chi connectivity index (χ0) is 13.4. The minimum Gasteiger partial charge on any atom is -0.292 e. The van der Waals surface area contributed by atoms with Crippen molar-refractivity contribution in [3.05, 3.63) is 14.5 Å². The molecular formula is C8H5BrF5NOS. The number of carbonyl (C=O) groups excluding carboxylic acids is 1. The molecule has 96 valence electrons. The minimum atomic E-state index is -5.73. The van der Waals surface area contributed by atoms with Crippen molar-refractivity contribution >= 4 is 33.0 Å². The molecule has 1 heterocycles. The number of hydrogen-bond donors (Lipinski definition) is 0. The molecule has 9 heteroatoms. The van der Waals surface area contributed by atoms with E-state index in [1.807, 2.05) is 0 Å². The van der Waals surface area contributed by atoms with E-state index in [1.165, 1.54) is 6.92 Å². The zero-order valence-corrected chi connectivity index (χ0v) is 10.6. The van der Waals surface area contributed by atoms with Crippen molar-refractivity contribution < 1.29 is 26.7 Å². The molecule has 1 aromatic rings. The molecule has 0 spiro atoms. The highest BCUT2D eigenvalue weighted by Crippen LogP contribution is 2.46. The van der Waals surface area contributed by atoms with E-state index >= 15 is 0 Å². The second-order valence-corrected chi connectivity index (χ2v) is 5.31. The van der Waals surface area contributed by atoms with Crippen molar-refractivity contribution in [2.45, 2.75) is 25.4 Å². The van der Waals surface area contributed by atoms with Gasteiger partial charge in [0.05, 0.1) is 0 Å². The number of carbonyl (C=O) groups is 1. The highest BCUT2D eigenvalue weighted by atomic mass is 79.9. The van der Waals surface area contributed by atoms with Crippen LogP contribution >= 0.6 is 27.3 Å². The number of ketones is 1. The van der Waals surface area contributed by atoms with Gasteiger partial charge in [0.25, 0.3) is 0 Å². The Balaban J connectivity index is 3.23. The van der Waals surface area contributed by atoms with Crippen LogP contribution in [0, 0.1) is 0 Å². The van der Waals surface area contributed by atoms with E-state index in [0.29, 0.717) is 0 Å². The Hall–Kier alpha value is -0.570. The SMILES string of the molecule is CCC(=O)c1nc(C(F)(F)C(F)(F)F)sc1Br. The second kappa shape index (κ2) is 4.60. The van der Waals surface area contributed by atoms with Gasteiger partial charge in [-0.25, -0.2) is 4.98 Å². The summed E-state index contributed by atoms with van der Waals surface area (Å²) >= 11 is 2.86. The van der Waals surface area contributed by atoms with Gasteiger partial charge in [-0.1, -0.05) is 6.92 Å². The molecule has 0 saturated heterocycles. The van der Waals surface area contributed by atoms with Gasteiger partial charge in [0.15, 0.2) is 10.8 Å². The van der Waals surface area contributed by atoms with Crippen molar-refractivity contribution in [2.24, 2.45) is 0 Å². The quantitative estimate of drug-likeness (QED) is 0.612. The molecule has 0 unspecified atom stereocenters. The fourth-order valence-electron chi connectivity index (χ4n) is 0.896. The molecule has 0 aromatic carbocycles. The molecule has 0 fully saturated rings. The van der Waals surface area contributed by atoms with Gasteiger partial charge < -0.3 is 0 Å². The lowest BCUT2D eigenvalue weighted by Gasteiger charge is -2.16. The number of halogens is 6. The van der Waals surface area contributed by atoms with Gasteiger partial charge in [0.2, 0.25) is 0 Å². The third-order valence-corrected chi connectivity index (χ3v) is 3.57. The van der Waals surface area contributed by atoms with Gasteiger partial charge in [0, 0.05) is 6.42 Å². The molecule has 0 aliphatic rings. The number of nitrogens with zero attached hydrogens (tertiary/aromatic N) is 1. The first-order valence-corrected chi connectivity index (χ1v) is 5.86. The van der Waals surface area contributed by atoms with E-state index in [0.717, 1.165) is 0 Å². The molecule has 0 bridgehead atoms. The summed E-state index contributed by atoms with van der Waals surface area (Å²) < 4.78 is 61.9. The Morgan fingerprint density at radius 2 is 1.88 bits per heavy atom. The number of Topliss-reactive ketones (excluding diaryl/α,β-unsaturated/α-hetero) is 1. The van der Waals surface area contributed by atoms with Crippen molar-refractivity contribution in [3.63, 3.8) is 0 Å². The third kappa shape index (κ3) is 2.65. The van der Waals surface area contributed by atoms with E-state index in [9.17, 15) is 26.7 Å². The topological polar surface area (TPSA) is 30.0 Å². The highest BCUT2D eigenvalue weighted by molar-refractivity contribution is 9.11. The van der Waals surface area contributed by atoms with E-state index in [2.05, 4.69) is 20.9 Å². The molecule has 0 saturated carbocycles. The Kier molecular flexibility index (Phi) is 3.92. The molecular weight excluding hydrogens is 333 g/mol. The molecule has 1 rings (SSSR count). The number of thiazole rings is 1. The Bertz CT molecular complexity index is 442. The summed E-state index contributed by atoms with van der Waals surface area (Å²) in [6.07, 6.45) is -5.75. The smallest absolute Gasteiger partial charge is 0.292 e.